The fourth-order valence-electron chi connectivity index (χ4n) is 3.44. The minimum atomic E-state index is -0.501. The van der Waals surface area contributed by atoms with Gasteiger partial charge in [-0.1, -0.05) is 12.1 Å². The number of carbonyl (C=O) groups is 1. The highest BCUT2D eigenvalue weighted by Crippen LogP contribution is 2.25. The molecule has 1 fully saturated rings. The minimum absolute atomic E-state index is 0.0614. The fraction of sp³-hybridized carbons (Fsp3) is 0.550. The largest absolute Gasteiger partial charge is 0.444 e. The molecule has 27 heavy (non-hydrogen) atoms. The summed E-state index contributed by atoms with van der Waals surface area (Å²) in [6, 6.07) is 7.73. The highest BCUT2D eigenvalue weighted by molar-refractivity contribution is 5.79. The monoisotopic (exact) mass is 371 g/mol. The smallest absolute Gasteiger partial charge is 0.410 e. The van der Waals surface area contributed by atoms with Crippen molar-refractivity contribution in [2.75, 3.05) is 30.8 Å². The number of amides is 1. The van der Waals surface area contributed by atoms with Crippen molar-refractivity contribution < 1.29 is 9.53 Å². The Labute approximate surface area is 160 Å². The number of likely N-dealkylation sites (N-methyl/N-ethyl adjacent to an activating group) is 1. The van der Waals surface area contributed by atoms with Crippen molar-refractivity contribution in [3.05, 3.63) is 24.3 Å². The lowest BCUT2D eigenvalue weighted by atomic mass is 10.0. The summed E-state index contributed by atoms with van der Waals surface area (Å²) in [7, 11) is 1.94. The number of benzene rings is 1. The van der Waals surface area contributed by atoms with Crippen molar-refractivity contribution in [2.45, 2.75) is 51.7 Å². The molecular formula is C20H29N5O2. The molecule has 1 aromatic carbocycles. The maximum Gasteiger partial charge on any atom is 0.410 e. The average molecular weight is 371 g/mol. The van der Waals surface area contributed by atoms with Crippen molar-refractivity contribution >= 4 is 28.8 Å². The molecule has 0 bridgehead atoms. The first-order valence-electron chi connectivity index (χ1n) is 9.47. The van der Waals surface area contributed by atoms with Gasteiger partial charge in [-0.15, -0.1) is 0 Å². The summed E-state index contributed by atoms with van der Waals surface area (Å²) in [5.41, 5.74) is 7.23. The van der Waals surface area contributed by atoms with E-state index in [0.29, 0.717) is 24.7 Å². The van der Waals surface area contributed by atoms with Crippen molar-refractivity contribution in [1.82, 2.24) is 14.9 Å². The first-order chi connectivity index (χ1) is 12.7. The number of hydrogen-bond donors (Lipinski definition) is 1. The molecule has 1 amide bonds. The van der Waals surface area contributed by atoms with Gasteiger partial charge in [0.05, 0.1) is 17.1 Å². The zero-order valence-corrected chi connectivity index (χ0v) is 16.6. The molecule has 0 aliphatic carbocycles. The molecule has 0 saturated carbocycles. The third kappa shape index (κ3) is 4.59. The lowest BCUT2D eigenvalue weighted by Crippen LogP contribution is -2.50. The number of likely N-dealkylation sites (tertiary alicyclic amines) is 1. The minimum Gasteiger partial charge on any atom is -0.444 e. The van der Waals surface area contributed by atoms with Gasteiger partial charge in [0.1, 0.15) is 5.60 Å². The number of aromatic nitrogens is 2. The van der Waals surface area contributed by atoms with Crippen LogP contribution in [0.1, 0.15) is 40.0 Å². The second-order valence-corrected chi connectivity index (χ2v) is 8.13. The number of ether oxygens (including phenoxy) is 1. The van der Waals surface area contributed by atoms with E-state index < -0.39 is 5.60 Å². The number of rotatable bonds is 3. The predicted molar refractivity (Wildman–Crippen MR) is 108 cm³/mol. The van der Waals surface area contributed by atoms with Gasteiger partial charge in [0.15, 0.2) is 11.6 Å². The third-order valence-electron chi connectivity index (χ3n) is 4.68. The molecule has 3 rings (SSSR count). The maximum absolute atomic E-state index is 12.6. The Bertz CT molecular complexity index is 818. The molecule has 1 atom stereocenters. The van der Waals surface area contributed by atoms with E-state index in [-0.39, 0.29) is 12.1 Å². The zero-order valence-electron chi connectivity index (χ0n) is 16.6. The van der Waals surface area contributed by atoms with E-state index in [2.05, 4.69) is 9.97 Å². The van der Waals surface area contributed by atoms with E-state index in [1.54, 1.807) is 0 Å². The van der Waals surface area contributed by atoms with Gasteiger partial charge in [-0.05, 0) is 52.2 Å². The molecule has 2 heterocycles. The Morgan fingerprint density at radius 3 is 2.59 bits per heavy atom. The van der Waals surface area contributed by atoms with E-state index in [1.165, 1.54) is 0 Å². The van der Waals surface area contributed by atoms with E-state index in [1.807, 2.05) is 61.9 Å². The molecule has 1 aromatic heterocycles. The third-order valence-corrected chi connectivity index (χ3v) is 4.68. The molecule has 7 heteroatoms. The molecule has 1 aliphatic heterocycles. The standard InChI is InChI=1S/C20H29N5O2/c1-20(2,3)27-19(26)25-12-8-7-9-14(25)13-24(4)18-17(21)22-15-10-5-6-11-16(15)23-18/h5-6,10-11,14H,7-9,12-13H2,1-4H3,(H2,21,22)/t14-/m0/s1. The van der Waals surface area contributed by atoms with Crippen LogP contribution in [0, 0.1) is 0 Å². The summed E-state index contributed by atoms with van der Waals surface area (Å²) >= 11 is 0. The van der Waals surface area contributed by atoms with E-state index in [9.17, 15) is 4.79 Å². The lowest BCUT2D eigenvalue weighted by Gasteiger charge is -2.38. The fourth-order valence-corrected chi connectivity index (χ4v) is 3.44. The molecule has 2 N–H and O–H groups in total. The Morgan fingerprint density at radius 1 is 1.26 bits per heavy atom. The molecule has 0 radical (unpaired) electrons. The summed E-state index contributed by atoms with van der Waals surface area (Å²) < 4.78 is 5.59. The Morgan fingerprint density at radius 2 is 1.93 bits per heavy atom. The molecule has 1 aliphatic rings. The normalized spacial score (nSPS) is 17.8. The van der Waals surface area contributed by atoms with Gasteiger partial charge in [0.2, 0.25) is 0 Å². The van der Waals surface area contributed by atoms with Gasteiger partial charge in [0.25, 0.3) is 0 Å². The number of nitrogens with zero attached hydrogens (tertiary/aromatic N) is 4. The van der Waals surface area contributed by atoms with Gasteiger partial charge in [-0.3, -0.25) is 0 Å². The first-order valence-corrected chi connectivity index (χ1v) is 9.47. The average Bonchev–Trinajstić information content (AvgIpc) is 2.60. The van der Waals surface area contributed by atoms with Crippen molar-refractivity contribution in [1.29, 1.82) is 0 Å². The SMILES string of the molecule is CN(C[C@@H]1CCCCN1C(=O)OC(C)(C)C)c1nc2ccccc2nc1N. The van der Waals surface area contributed by atoms with Crippen LogP contribution in [0.2, 0.25) is 0 Å². The molecule has 0 unspecified atom stereocenters. The number of hydrogen-bond acceptors (Lipinski definition) is 6. The highest BCUT2D eigenvalue weighted by atomic mass is 16.6. The van der Waals surface area contributed by atoms with Crippen LogP contribution in [0.25, 0.3) is 11.0 Å². The number of piperidine rings is 1. The van der Waals surface area contributed by atoms with Crippen LogP contribution in [-0.2, 0) is 4.74 Å². The van der Waals surface area contributed by atoms with Crippen molar-refractivity contribution in [3.63, 3.8) is 0 Å². The summed E-state index contributed by atoms with van der Waals surface area (Å²) in [5.74, 6) is 1.04. The van der Waals surface area contributed by atoms with Crippen LogP contribution in [0.15, 0.2) is 24.3 Å². The Hall–Kier alpha value is -2.57. The summed E-state index contributed by atoms with van der Waals surface area (Å²) in [5, 5.41) is 0. The van der Waals surface area contributed by atoms with Gasteiger partial charge < -0.3 is 20.3 Å². The lowest BCUT2D eigenvalue weighted by molar-refractivity contribution is 0.0108. The quantitative estimate of drug-likeness (QED) is 0.890. The molecular weight excluding hydrogens is 342 g/mol. The van der Waals surface area contributed by atoms with Crippen LogP contribution in [0.5, 0.6) is 0 Å². The van der Waals surface area contributed by atoms with E-state index in [0.717, 1.165) is 30.3 Å². The second kappa shape index (κ2) is 7.58. The predicted octanol–water partition coefficient (Wildman–Crippen LogP) is 3.44. The molecule has 146 valence electrons. The Balaban J connectivity index is 1.78. The molecule has 7 nitrogen and oxygen atoms in total. The second-order valence-electron chi connectivity index (χ2n) is 8.13. The van der Waals surface area contributed by atoms with Gasteiger partial charge in [-0.25, -0.2) is 14.8 Å². The van der Waals surface area contributed by atoms with E-state index in [4.69, 9.17) is 10.5 Å². The summed E-state index contributed by atoms with van der Waals surface area (Å²) in [6.07, 6.45) is 2.77. The number of nitrogens with two attached hydrogens (primary N) is 1. The van der Waals surface area contributed by atoms with Crippen molar-refractivity contribution in [2.24, 2.45) is 0 Å². The topological polar surface area (TPSA) is 84.6 Å². The summed E-state index contributed by atoms with van der Waals surface area (Å²) in [6.45, 7) is 7.02. The first kappa shape index (κ1) is 19.2. The number of anilines is 2. The number of carbonyl (C=O) groups excluding carboxylic acids is 1. The van der Waals surface area contributed by atoms with Crippen LogP contribution in [-0.4, -0.2) is 52.7 Å². The summed E-state index contributed by atoms with van der Waals surface area (Å²) in [4.78, 5) is 25.6. The van der Waals surface area contributed by atoms with Gasteiger partial charge >= 0.3 is 6.09 Å². The maximum atomic E-state index is 12.6. The number of para-hydroxylation sites is 2. The molecule has 2 aromatic rings. The van der Waals surface area contributed by atoms with Gasteiger partial charge in [-0.2, -0.15) is 0 Å². The van der Waals surface area contributed by atoms with Crippen LogP contribution in [0.3, 0.4) is 0 Å². The number of nitrogen functional groups attached to an aromatic ring is 1. The number of fused-ring (bicyclic) bond motifs is 1. The molecule has 1 saturated heterocycles. The van der Waals surface area contributed by atoms with Crippen LogP contribution >= 0.6 is 0 Å². The Kier molecular flexibility index (Phi) is 5.39. The highest BCUT2D eigenvalue weighted by Gasteiger charge is 2.31. The van der Waals surface area contributed by atoms with Gasteiger partial charge in [0, 0.05) is 20.1 Å². The zero-order chi connectivity index (χ0) is 19.6. The van der Waals surface area contributed by atoms with E-state index >= 15 is 0 Å². The van der Waals surface area contributed by atoms with Crippen LogP contribution < -0.4 is 10.6 Å². The molecule has 0 spiro atoms. The van der Waals surface area contributed by atoms with Crippen molar-refractivity contribution in [3.8, 4) is 0 Å². The van der Waals surface area contributed by atoms with Crippen LogP contribution in [0.4, 0.5) is 16.4 Å².